The molecule has 0 spiro atoms. The number of amides is 1. The highest BCUT2D eigenvalue weighted by Gasteiger charge is 2.21. The Labute approximate surface area is 96.2 Å². The van der Waals surface area contributed by atoms with Crippen LogP contribution in [0.5, 0.6) is 0 Å². The molecule has 1 amide bonds. The minimum Gasteiger partial charge on any atom is -0.444 e. The molecule has 90 valence electrons. The molecular weight excluding hydrogens is 206 g/mol. The second kappa shape index (κ2) is 5.01. The van der Waals surface area contributed by atoms with Crippen molar-refractivity contribution in [1.82, 2.24) is 10.2 Å². The van der Waals surface area contributed by atoms with Crippen molar-refractivity contribution >= 4 is 12.3 Å². The van der Waals surface area contributed by atoms with E-state index >= 15 is 0 Å². The number of ether oxygens (including phenoxy) is 1. The van der Waals surface area contributed by atoms with E-state index in [0.29, 0.717) is 0 Å². The summed E-state index contributed by atoms with van der Waals surface area (Å²) in [5.74, 6) is 0. The smallest absolute Gasteiger partial charge is 0.410 e. The molecule has 1 atom stereocenters. The molecule has 0 aliphatic carbocycles. The first-order valence-electron chi connectivity index (χ1n) is 5.37. The Kier molecular flexibility index (Phi) is 3.93. The van der Waals surface area contributed by atoms with E-state index in [4.69, 9.17) is 4.74 Å². The fraction of sp³-hybridized carbons (Fsp3) is 0.636. The molecule has 5 nitrogen and oxygen atoms in total. The van der Waals surface area contributed by atoms with Crippen molar-refractivity contribution in [2.45, 2.75) is 39.6 Å². The van der Waals surface area contributed by atoms with E-state index < -0.39 is 11.7 Å². The molecule has 16 heavy (non-hydrogen) atoms. The number of nitrogens with zero attached hydrogens (tertiary/aromatic N) is 2. The molecule has 0 aromatic carbocycles. The maximum atomic E-state index is 11.5. The summed E-state index contributed by atoms with van der Waals surface area (Å²) in [7, 11) is 0. The fourth-order valence-corrected chi connectivity index (χ4v) is 1.26. The van der Waals surface area contributed by atoms with Crippen LogP contribution < -0.4 is 5.32 Å². The van der Waals surface area contributed by atoms with Crippen LogP contribution in [0.25, 0.3) is 0 Å². The first kappa shape index (κ1) is 12.5. The van der Waals surface area contributed by atoms with Gasteiger partial charge >= 0.3 is 6.09 Å². The maximum Gasteiger partial charge on any atom is 0.410 e. The van der Waals surface area contributed by atoms with E-state index in [0.717, 1.165) is 6.54 Å². The molecule has 0 bridgehead atoms. The molecule has 1 rings (SSSR count). The van der Waals surface area contributed by atoms with Crippen LogP contribution in [-0.2, 0) is 4.74 Å². The monoisotopic (exact) mass is 225 g/mol. The number of alkyl carbamates (subject to hydrolysis) is 1. The normalized spacial score (nSPS) is 19.8. The summed E-state index contributed by atoms with van der Waals surface area (Å²) in [6, 6.07) is 0. The van der Waals surface area contributed by atoms with E-state index in [1.807, 2.05) is 44.9 Å². The highest BCUT2D eigenvalue weighted by atomic mass is 16.6. The molecular formula is C11H19N3O2. The third kappa shape index (κ3) is 3.92. The van der Waals surface area contributed by atoms with Gasteiger partial charge in [0.1, 0.15) is 5.60 Å². The molecule has 0 radical (unpaired) electrons. The molecule has 0 aromatic heterocycles. The van der Waals surface area contributed by atoms with Gasteiger partial charge in [-0.3, -0.25) is 5.32 Å². The topological polar surface area (TPSA) is 53.9 Å². The average Bonchev–Trinajstić information content (AvgIpc) is 2.15. The van der Waals surface area contributed by atoms with Crippen molar-refractivity contribution in [2.75, 3.05) is 6.54 Å². The molecule has 1 aliphatic rings. The van der Waals surface area contributed by atoms with Gasteiger partial charge in [-0.2, -0.15) is 0 Å². The highest BCUT2D eigenvalue weighted by molar-refractivity contribution is 5.73. The predicted molar refractivity (Wildman–Crippen MR) is 63.2 cm³/mol. The van der Waals surface area contributed by atoms with Gasteiger partial charge < -0.3 is 9.64 Å². The third-order valence-corrected chi connectivity index (χ3v) is 1.92. The van der Waals surface area contributed by atoms with E-state index in [-0.39, 0.29) is 6.29 Å². The largest absolute Gasteiger partial charge is 0.444 e. The summed E-state index contributed by atoms with van der Waals surface area (Å²) < 4.78 is 5.16. The zero-order chi connectivity index (χ0) is 12.2. The van der Waals surface area contributed by atoms with Crippen LogP contribution in [-0.4, -0.2) is 35.6 Å². The number of rotatable bonds is 2. The molecule has 1 unspecified atom stereocenters. The van der Waals surface area contributed by atoms with Gasteiger partial charge in [-0.1, -0.05) is 0 Å². The van der Waals surface area contributed by atoms with Crippen molar-refractivity contribution in [3.05, 3.63) is 12.3 Å². The van der Waals surface area contributed by atoms with Crippen LogP contribution in [0.4, 0.5) is 4.79 Å². The van der Waals surface area contributed by atoms with Gasteiger partial charge in [-0.05, 0) is 33.8 Å². The third-order valence-electron chi connectivity index (χ3n) is 1.92. The molecule has 1 aliphatic heterocycles. The van der Waals surface area contributed by atoms with Crippen molar-refractivity contribution in [3.63, 3.8) is 0 Å². The zero-order valence-corrected chi connectivity index (χ0v) is 10.2. The van der Waals surface area contributed by atoms with Crippen molar-refractivity contribution < 1.29 is 9.53 Å². The SMILES string of the molecule is CCN1C=CC=NC1NC(=O)OC(C)(C)C. The molecule has 0 saturated heterocycles. The molecule has 0 saturated carbocycles. The Morgan fingerprint density at radius 3 is 2.81 bits per heavy atom. The molecule has 5 heteroatoms. The summed E-state index contributed by atoms with van der Waals surface area (Å²) in [4.78, 5) is 17.6. The molecule has 1 N–H and O–H groups in total. The van der Waals surface area contributed by atoms with Crippen LogP contribution >= 0.6 is 0 Å². The Balaban J connectivity index is 2.50. The highest BCUT2D eigenvalue weighted by Crippen LogP contribution is 2.08. The number of nitrogens with one attached hydrogen (secondary N) is 1. The lowest BCUT2D eigenvalue weighted by Crippen LogP contribution is -2.47. The van der Waals surface area contributed by atoms with Crippen molar-refractivity contribution in [3.8, 4) is 0 Å². The van der Waals surface area contributed by atoms with Crippen LogP contribution in [0.3, 0.4) is 0 Å². The number of carbonyl (C=O) groups is 1. The minimum absolute atomic E-state index is 0.371. The number of hydrogen-bond acceptors (Lipinski definition) is 4. The second-order valence-electron chi connectivity index (χ2n) is 4.49. The van der Waals surface area contributed by atoms with Gasteiger partial charge in [-0.25, -0.2) is 9.79 Å². The molecule has 0 aromatic rings. The Hall–Kier alpha value is -1.52. The average molecular weight is 225 g/mol. The maximum absolute atomic E-state index is 11.5. The molecule has 0 fully saturated rings. The quantitative estimate of drug-likeness (QED) is 0.778. The minimum atomic E-state index is -0.491. The number of aliphatic imine (C=N–C) groups is 1. The predicted octanol–water partition coefficient (Wildman–Crippen LogP) is 1.71. The summed E-state index contributed by atoms with van der Waals surface area (Å²) in [5.41, 5.74) is -0.491. The lowest BCUT2D eigenvalue weighted by molar-refractivity contribution is 0.0456. The Bertz CT molecular complexity index is 305. The fourth-order valence-electron chi connectivity index (χ4n) is 1.26. The van der Waals surface area contributed by atoms with Gasteiger partial charge in [0.05, 0.1) is 0 Å². The van der Waals surface area contributed by atoms with E-state index in [2.05, 4.69) is 10.3 Å². The van der Waals surface area contributed by atoms with Crippen LogP contribution in [0.1, 0.15) is 27.7 Å². The molecule has 1 heterocycles. The Morgan fingerprint density at radius 1 is 1.56 bits per heavy atom. The first-order valence-corrected chi connectivity index (χ1v) is 5.37. The summed E-state index contributed by atoms with van der Waals surface area (Å²) in [6.07, 6.45) is 4.55. The standard InChI is InChI=1S/C11H19N3O2/c1-5-14-8-6-7-12-9(14)13-10(15)16-11(2,3)4/h6-9H,5H2,1-4H3,(H,13,15). The lowest BCUT2D eigenvalue weighted by atomic mass is 10.2. The first-order chi connectivity index (χ1) is 7.42. The number of carbonyl (C=O) groups excluding carboxylic acids is 1. The van der Waals surface area contributed by atoms with Gasteiger partial charge in [0.15, 0.2) is 0 Å². The summed E-state index contributed by atoms with van der Waals surface area (Å²) in [5, 5.41) is 2.69. The Morgan fingerprint density at radius 2 is 2.25 bits per heavy atom. The van der Waals surface area contributed by atoms with Gasteiger partial charge in [0, 0.05) is 19.0 Å². The van der Waals surface area contributed by atoms with Crippen LogP contribution in [0, 0.1) is 0 Å². The number of allylic oxidation sites excluding steroid dienone is 1. The van der Waals surface area contributed by atoms with Crippen molar-refractivity contribution in [1.29, 1.82) is 0 Å². The summed E-state index contributed by atoms with van der Waals surface area (Å²) >= 11 is 0. The van der Waals surface area contributed by atoms with Crippen LogP contribution in [0.2, 0.25) is 0 Å². The van der Waals surface area contributed by atoms with Crippen molar-refractivity contribution in [2.24, 2.45) is 4.99 Å². The van der Waals surface area contributed by atoms with Gasteiger partial charge in [-0.15, -0.1) is 0 Å². The zero-order valence-electron chi connectivity index (χ0n) is 10.2. The van der Waals surface area contributed by atoms with E-state index in [1.165, 1.54) is 0 Å². The summed E-state index contributed by atoms with van der Waals surface area (Å²) in [6.45, 7) is 8.25. The van der Waals surface area contributed by atoms with E-state index in [1.54, 1.807) is 6.21 Å². The second-order valence-corrected chi connectivity index (χ2v) is 4.49. The van der Waals surface area contributed by atoms with E-state index in [9.17, 15) is 4.79 Å². The number of hydrogen-bond donors (Lipinski definition) is 1. The lowest BCUT2D eigenvalue weighted by Gasteiger charge is -2.29. The van der Waals surface area contributed by atoms with Gasteiger partial charge in [0.2, 0.25) is 6.29 Å². The van der Waals surface area contributed by atoms with Gasteiger partial charge in [0.25, 0.3) is 0 Å². The van der Waals surface area contributed by atoms with Crippen LogP contribution in [0.15, 0.2) is 17.3 Å².